The number of carboxylic acids is 1. The van der Waals surface area contributed by atoms with E-state index < -0.39 is 11.4 Å². The van der Waals surface area contributed by atoms with E-state index in [2.05, 4.69) is 19.9 Å². The number of amides is 1. The molecule has 3 aromatic carbocycles. The average molecular weight is 490 g/mol. The van der Waals surface area contributed by atoms with Crippen LogP contribution in [0, 0.1) is 6.92 Å². The molecule has 1 atom stereocenters. The summed E-state index contributed by atoms with van der Waals surface area (Å²) in [7, 11) is 0. The first-order valence-corrected chi connectivity index (χ1v) is 12.1. The lowest BCUT2D eigenvalue weighted by Gasteiger charge is -2.34. The van der Waals surface area contributed by atoms with Crippen LogP contribution < -0.4 is 9.64 Å². The third-order valence-electron chi connectivity index (χ3n) is 7.34. The van der Waals surface area contributed by atoms with Gasteiger partial charge < -0.3 is 14.7 Å². The molecule has 0 bridgehead atoms. The van der Waals surface area contributed by atoms with Crippen LogP contribution in [0.15, 0.2) is 54.6 Å². The summed E-state index contributed by atoms with van der Waals surface area (Å²) in [5.41, 5.74) is 4.39. The molecule has 5 nitrogen and oxygen atoms in total. The van der Waals surface area contributed by atoms with Crippen molar-refractivity contribution in [3.8, 4) is 5.75 Å². The van der Waals surface area contributed by atoms with Crippen LogP contribution >= 0.6 is 11.6 Å². The Kier molecular flexibility index (Phi) is 5.44. The first kappa shape index (κ1) is 23.4. The predicted molar refractivity (Wildman–Crippen MR) is 137 cm³/mol. The molecular formula is C29H28ClNO4. The topological polar surface area (TPSA) is 66.8 Å². The van der Waals surface area contributed by atoms with Crippen molar-refractivity contribution < 1.29 is 19.4 Å². The molecule has 2 heterocycles. The molecule has 2 aliphatic heterocycles. The SMILES string of the molecule is Cc1cc(CN2C(=O)[C@@](C)(c3ccc4c(c3)CCC(C)(C)O4)c3cc(Cl)ccc32)ccc1C(=O)O. The molecule has 0 fully saturated rings. The highest BCUT2D eigenvalue weighted by atomic mass is 35.5. The number of hydrogen-bond donors (Lipinski definition) is 1. The molecular weight excluding hydrogens is 462 g/mol. The molecule has 5 rings (SSSR count). The van der Waals surface area contributed by atoms with E-state index >= 15 is 0 Å². The van der Waals surface area contributed by atoms with Crippen molar-refractivity contribution >= 4 is 29.2 Å². The van der Waals surface area contributed by atoms with Crippen molar-refractivity contribution in [2.45, 2.75) is 58.1 Å². The number of nitrogens with zero attached hydrogens (tertiary/aromatic N) is 1. The van der Waals surface area contributed by atoms with Gasteiger partial charge in [-0.3, -0.25) is 4.79 Å². The molecule has 0 aromatic heterocycles. The van der Waals surface area contributed by atoms with E-state index in [0.29, 0.717) is 17.1 Å². The number of carboxylic acid groups (broad SMARTS) is 1. The first-order chi connectivity index (χ1) is 16.5. The summed E-state index contributed by atoms with van der Waals surface area (Å²) in [6.45, 7) is 8.25. The van der Waals surface area contributed by atoms with E-state index in [9.17, 15) is 14.7 Å². The average Bonchev–Trinajstić information content (AvgIpc) is 3.00. The summed E-state index contributed by atoms with van der Waals surface area (Å²) in [4.78, 5) is 27.3. The normalized spacial score (nSPS) is 20.3. The smallest absolute Gasteiger partial charge is 0.335 e. The number of benzene rings is 3. The minimum atomic E-state index is -0.960. The number of fused-ring (bicyclic) bond motifs is 2. The number of aromatic carboxylic acids is 1. The van der Waals surface area contributed by atoms with E-state index in [1.165, 1.54) is 0 Å². The van der Waals surface area contributed by atoms with Gasteiger partial charge in [-0.25, -0.2) is 4.79 Å². The quantitative estimate of drug-likeness (QED) is 0.466. The number of ether oxygens (including phenoxy) is 1. The molecule has 3 aromatic rings. The summed E-state index contributed by atoms with van der Waals surface area (Å²) in [6.07, 6.45) is 1.80. The van der Waals surface area contributed by atoms with Crippen LogP contribution in [0.3, 0.4) is 0 Å². The maximum Gasteiger partial charge on any atom is 0.335 e. The summed E-state index contributed by atoms with van der Waals surface area (Å²) in [5.74, 6) is -0.124. The van der Waals surface area contributed by atoms with Gasteiger partial charge in [0.05, 0.1) is 17.5 Å². The Morgan fingerprint density at radius 3 is 2.57 bits per heavy atom. The summed E-state index contributed by atoms with van der Waals surface area (Å²) >= 11 is 6.40. The Morgan fingerprint density at radius 2 is 1.86 bits per heavy atom. The van der Waals surface area contributed by atoms with Gasteiger partial charge in [0, 0.05) is 10.7 Å². The molecule has 35 heavy (non-hydrogen) atoms. The van der Waals surface area contributed by atoms with E-state index in [-0.39, 0.29) is 17.1 Å². The van der Waals surface area contributed by atoms with Crippen LogP contribution in [-0.2, 0) is 23.2 Å². The molecule has 0 radical (unpaired) electrons. The van der Waals surface area contributed by atoms with Gasteiger partial charge in [0.15, 0.2) is 0 Å². The van der Waals surface area contributed by atoms with Gasteiger partial charge in [0.2, 0.25) is 5.91 Å². The maximum absolute atomic E-state index is 14.1. The lowest BCUT2D eigenvalue weighted by atomic mass is 9.76. The van der Waals surface area contributed by atoms with E-state index in [0.717, 1.165) is 46.5 Å². The molecule has 6 heteroatoms. The standard InChI is InChI=1S/C29H28ClNO4/c1-17-13-18(5-8-22(17)26(32)33)16-31-24-9-7-21(30)15-23(24)29(4,27(31)34)20-6-10-25-19(14-20)11-12-28(2,3)35-25/h5-10,13-15H,11-12,16H2,1-4H3,(H,32,33)/t29-/m0/s1. The highest BCUT2D eigenvalue weighted by Crippen LogP contribution is 2.48. The highest BCUT2D eigenvalue weighted by molar-refractivity contribution is 6.31. The van der Waals surface area contributed by atoms with Crippen molar-refractivity contribution in [1.29, 1.82) is 0 Å². The molecule has 0 aliphatic carbocycles. The van der Waals surface area contributed by atoms with Crippen LogP contribution in [0.5, 0.6) is 5.75 Å². The number of anilines is 1. The Balaban J connectivity index is 1.56. The van der Waals surface area contributed by atoms with Gasteiger partial charge in [-0.2, -0.15) is 0 Å². The monoisotopic (exact) mass is 489 g/mol. The minimum absolute atomic E-state index is 0.0354. The zero-order valence-corrected chi connectivity index (χ0v) is 21.1. The number of rotatable bonds is 4. The fourth-order valence-corrected chi connectivity index (χ4v) is 5.46. The van der Waals surface area contributed by atoms with Crippen molar-refractivity contribution in [1.82, 2.24) is 0 Å². The molecule has 1 amide bonds. The summed E-state index contributed by atoms with van der Waals surface area (Å²) in [6, 6.07) is 16.8. The van der Waals surface area contributed by atoms with Crippen LogP contribution in [0.25, 0.3) is 0 Å². The second kappa shape index (κ2) is 8.13. The zero-order chi connectivity index (χ0) is 25.1. The van der Waals surface area contributed by atoms with E-state index in [4.69, 9.17) is 16.3 Å². The number of halogens is 1. The van der Waals surface area contributed by atoms with Crippen LogP contribution in [0.4, 0.5) is 5.69 Å². The van der Waals surface area contributed by atoms with Crippen LogP contribution in [0.2, 0.25) is 5.02 Å². The van der Waals surface area contributed by atoms with Crippen molar-refractivity contribution in [3.63, 3.8) is 0 Å². The van der Waals surface area contributed by atoms with Gasteiger partial charge in [-0.1, -0.05) is 35.9 Å². The molecule has 0 saturated heterocycles. The van der Waals surface area contributed by atoms with E-state index in [1.54, 1.807) is 30.0 Å². The lowest BCUT2D eigenvalue weighted by Crippen LogP contribution is -2.39. The maximum atomic E-state index is 14.1. The largest absolute Gasteiger partial charge is 0.488 e. The third kappa shape index (κ3) is 3.88. The Morgan fingerprint density at radius 1 is 1.09 bits per heavy atom. The van der Waals surface area contributed by atoms with E-state index in [1.807, 2.05) is 37.3 Å². The molecule has 0 spiro atoms. The van der Waals surface area contributed by atoms with Crippen molar-refractivity contribution in [3.05, 3.63) is 93.0 Å². The Labute approximate surface area is 210 Å². The second-order valence-electron chi connectivity index (χ2n) is 10.3. The van der Waals surface area contributed by atoms with Crippen molar-refractivity contribution in [2.24, 2.45) is 0 Å². The fraction of sp³-hybridized carbons (Fsp3) is 0.310. The lowest BCUT2D eigenvalue weighted by molar-refractivity contribution is -0.121. The second-order valence-corrected chi connectivity index (χ2v) is 10.8. The minimum Gasteiger partial charge on any atom is -0.488 e. The summed E-state index contributed by atoms with van der Waals surface area (Å²) in [5, 5.41) is 9.94. The van der Waals surface area contributed by atoms with Gasteiger partial charge in [0.1, 0.15) is 11.4 Å². The number of aryl methyl sites for hydroxylation is 2. The fourth-order valence-electron chi connectivity index (χ4n) is 5.29. The summed E-state index contributed by atoms with van der Waals surface area (Å²) < 4.78 is 6.16. The molecule has 0 unspecified atom stereocenters. The molecule has 180 valence electrons. The van der Waals surface area contributed by atoms with Gasteiger partial charge >= 0.3 is 5.97 Å². The van der Waals surface area contributed by atoms with Gasteiger partial charge in [-0.15, -0.1) is 0 Å². The number of carbonyl (C=O) groups excluding carboxylic acids is 1. The highest BCUT2D eigenvalue weighted by Gasteiger charge is 2.49. The number of carbonyl (C=O) groups is 2. The molecule has 0 saturated carbocycles. The van der Waals surface area contributed by atoms with Crippen molar-refractivity contribution in [2.75, 3.05) is 4.90 Å². The predicted octanol–water partition coefficient (Wildman–Crippen LogP) is 6.30. The van der Waals surface area contributed by atoms with Gasteiger partial charge in [-0.05, 0) is 98.7 Å². The van der Waals surface area contributed by atoms with Gasteiger partial charge in [0.25, 0.3) is 0 Å². The zero-order valence-electron chi connectivity index (χ0n) is 20.3. The molecule has 2 aliphatic rings. The van der Waals surface area contributed by atoms with Crippen LogP contribution in [0.1, 0.15) is 65.4 Å². The Bertz CT molecular complexity index is 1380. The molecule has 1 N–H and O–H groups in total. The third-order valence-corrected chi connectivity index (χ3v) is 7.58. The number of hydrogen-bond acceptors (Lipinski definition) is 3. The first-order valence-electron chi connectivity index (χ1n) is 11.8. The Hall–Kier alpha value is -3.31. The van der Waals surface area contributed by atoms with Crippen LogP contribution in [-0.4, -0.2) is 22.6 Å².